The molecule has 1 rings (SSSR count). The summed E-state index contributed by atoms with van der Waals surface area (Å²) in [5.74, 6) is -1.18. The van der Waals surface area contributed by atoms with Crippen LogP contribution in [0.3, 0.4) is 0 Å². The van der Waals surface area contributed by atoms with Gasteiger partial charge in [0, 0.05) is 19.3 Å². The molecule has 2 atom stereocenters. The smallest absolute Gasteiger partial charge is 0.306 e. The van der Waals surface area contributed by atoms with E-state index in [4.69, 9.17) is 18.9 Å². The molecule has 0 bridgehead atoms. The third-order valence-corrected chi connectivity index (χ3v) is 3.49. The predicted octanol–water partition coefficient (Wildman–Crippen LogP) is 2.15. The van der Waals surface area contributed by atoms with Crippen LogP contribution in [0.4, 0.5) is 0 Å². The molecule has 0 aliphatic carbocycles. The zero-order chi connectivity index (χ0) is 17.9. The van der Waals surface area contributed by atoms with Crippen LogP contribution in [0.1, 0.15) is 59.3 Å². The summed E-state index contributed by atoms with van der Waals surface area (Å²) >= 11 is 0. The Morgan fingerprint density at radius 1 is 0.750 bits per heavy atom. The van der Waals surface area contributed by atoms with Crippen LogP contribution >= 0.6 is 0 Å². The van der Waals surface area contributed by atoms with Gasteiger partial charge in [-0.25, -0.2) is 0 Å². The quantitative estimate of drug-likeness (QED) is 0.468. The van der Waals surface area contributed by atoms with Crippen LogP contribution in [0.2, 0.25) is 0 Å². The van der Waals surface area contributed by atoms with E-state index < -0.39 is 24.3 Å². The predicted molar refractivity (Wildman–Crippen MR) is 85.2 cm³/mol. The van der Waals surface area contributed by atoms with E-state index in [1.54, 1.807) is 0 Å². The first-order valence-electron chi connectivity index (χ1n) is 8.67. The fourth-order valence-corrected chi connectivity index (χ4v) is 2.36. The van der Waals surface area contributed by atoms with Gasteiger partial charge in [0.1, 0.15) is 0 Å². The lowest BCUT2D eigenvalue weighted by Crippen LogP contribution is -2.53. The normalized spacial score (nSPS) is 21.1. The second-order valence-corrected chi connectivity index (χ2v) is 5.80. The Hall–Kier alpha value is -1.63. The van der Waals surface area contributed by atoms with Crippen molar-refractivity contribution >= 4 is 17.9 Å². The van der Waals surface area contributed by atoms with Gasteiger partial charge in [0.15, 0.2) is 18.3 Å². The van der Waals surface area contributed by atoms with Crippen molar-refractivity contribution < 1.29 is 33.3 Å². The molecule has 138 valence electrons. The molecule has 0 aromatic rings. The molecule has 1 fully saturated rings. The summed E-state index contributed by atoms with van der Waals surface area (Å²) in [5.41, 5.74) is 0. The van der Waals surface area contributed by atoms with Crippen LogP contribution in [0.25, 0.3) is 0 Å². The highest BCUT2D eigenvalue weighted by Crippen LogP contribution is 2.21. The van der Waals surface area contributed by atoms with Gasteiger partial charge in [-0.3, -0.25) is 14.4 Å². The monoisotopic (exact) mass is 344 g/mol. The maximum absolute atomic E-state index is 11.9. The number of carbonyl (C=O) groups excluding carboxylic acids is 3. The Morgan fingerprint density at radius 3 is 1.50 bits per heavy atom. The number of ether oxygens (including phenoxy) is 4. The highest BCUT2D eigenvalue weighted by atomic mass is 16.6. The van der Waals surface area contributed by atoms with Gasteiger partial charge in [0.25, 0.3) is 0 Å². The van der Waals surface area contributed by atoms with Crippen LogP contribution < -0.4 is 0 Å². The summed E-state index contributed by atoms with van der Waals surface area (Å²) in [5, 5.41) is 0. The summed E-state index contributed by atoms with van der Waals surface area (Å²) in [7, 11) is 0. The van der Waals surface area contributed by atoms with Crippen LogP contribution in [-0.4, -0.2) is 49.4 Å². The van der Waals surface area contributed by atoms with E-state index in [-0.39, 0.29) is 44.4 Å². The second kappa shape index (κ2) is 11.0. The second-order valence-electron chi connectivity index (χ2n) is 5.80. The van der Waals surface area contributed by atoms with Crippen LogP contribution in [0.5, 0.6) is 0 Å². The number of rotatable bonds is 9. The lowest BCUT2D eigenvalue weighted by Gasteiger charge is -2.36. The van der Waals surface area contributed by atoms with Crippen molar-refractivity contribution in [3.8, 4) is 0 Å². The Balaban J connectivity index is 2.80. The van der Waals surface area contributed by atoms with Gasteiger partial charge in [-0.2, -0.15) is 0 Å². The molecule has 0 amide bonds. The van der Waals surface area contributed by atoms with Gasteiger partial charge in [-0.1, -0.05) is 20.8 Å². The Kier molecular flexibility index (Phi) is 9.37. The molecule has 0 radical (unpaired) electrons. The minimum Gasteiger partial charge on any atom is -0.456 e. The van der Waals surface area contributed by atoms with E-state index in [0.717, 1.165) is 0 Å². The van der Waals surface area contributed by atoms with Crippen molar-refractivity contribution in [1.82, 2.24) is 0 Å². The van der Waals surface area contributed by atoms with Crippen molar-refractivity contribution in [1.29, 1.82) is 0 Å². The molecule has 0 saturated carbocycles. The summed E-state index contributed by atoms with van der Waals surface area (Å²) in [6.45, 7) is 5.82. The molecule has 1 saturated heterocycles. The fourth-order valence-electron chi connectivity index (χ4n) is 2.36. The number of hydrogen-bond acceptors (Lipinski definition) is 7. The van der Waals surface area contributed by atoms with Gasteiger partial charge in [-0.05, 0) is 19.3 Å². The average Bonchev–Trinajstić information content (AvgIpc) is 2.51. The number of hydrogen-bond donors (Lipinski definition) is 0. The zero-order valence-electron chi connectivity index (χ0n) is 14.7. The lowest BCUT2D eigenvalue weighted by atomic mass is 10.1. The van der Waals surface area contributed by atoms with E-state index in [1.165, 1.54) is 0 Å². The molecular formula is C17H28O7. The van der Waals surface area contributed by atoms with Crippen molar-refractivity contribution in [3.05, 3.63) is 0 Å². The molecule has 7 heteroatoms. The topological polar surface area (TPSA) is 88.1 Å². The van der Waals surface area contributed by atoms with Crippen molar-refractivity contribution in [2.75, 3.05) is 13.2 Å². The lowest BCUT2D eigenvalue weighted by molar-refractivity contribution is -0.211. The first kappa shape index (κ1) is 20.4. The average molecular weight is 344 g/mol. The van der Waals surface area contributed by atoms with Crippen LogP contribution in [0.15, 0.2) is 0 Å². The molecule has 7 nitrogen and oxygen atoms in total. The Labute approximate surface area is 143 Å². The first-order valence-corrected chi connectivity index (χ1v) is 8.67. The first-order chi connectivity index (χ1) is 11.5. The molecule has 0 aromatic heterocycles. The Morgan fingerprint density at radius 2 is 1.12 bits per heavy atom. The molecule has 24 heavy (non-hydrogen) atoms. The largest absolute Gasteiger partial charge is 0.456 e. The summed E-state index contributed by atoms with van der Waals surface area (Å²) in [6.07, 6.45) is 0.378. The van der Waals surface area contributed by atoms with E-state index in [9.17, 15) is 14.4 Å². The molecule has 0 spiro atoms. The third kappa shape index (κ3) is 6.86. The highest BCUT2D eigenvalue weighted by Gasteiger charge is 2.41. The van der Waals surface area contributed by atoms with E-state index in [1.807, 2.05) is 20.8 Å². The maximum atomic E-state index is 11.9. The minimum atomic E-state index is -0.834. The van der Waals surface area contributed by atoms with Crippen molar-refractivity contribution in [2.45, 2.75) is 77.6 Å². The standard InChI is InChI=1S/C17H28O7/c1-4-7-14(18)22-12-10-21-11-13(23-15(19)8-5-2)17(12)24-16(20)9-6-3/h12-13,17H,4-11H2,1-3H3/t12-,13-/m0/s1. The van der Waals surface area contributed by atoms with Gasteiger partial charge in [0.2, 0.25) is 0 Å². The van der Waals surface area contributed by atoms with E-state index in [2.05, 4.69) is 0 Å². The summed E-state index contributed by atoms with van der Waals surface area (Å²) in [4.78, 5) is 35.4. The molecule has 1 aliphatic rings. The molecule has 0 N–H and O–H groups in total. The number of esters is 3. The third-order valence-electron chi connectivity index (χ3n) is 3.49. The van der Waals surface area contributed by atoms with Crippen molar-refractivity contribution in [3.63, 3.8) is 0 Å². The van der Waals surface area contributed by atoms with Crippen LogP contribution in [-0.2, 0) is 33.3 Å². The van der Waals surface area contributed by atoms with Crippen molar-refractivity contribution in [2.24, 2.45) is 0 Å². The summed E-state index contributed by atoms with van der Waals surface area (Å²) in [6, 6.07) is 0. The number of carbonyl (C=O) groups is 3. The summed E-state index contributed by atoms with van der Waals surface area (Å²) < 4.78 is 21.5. The highest BCUT2D eigenvalue weighted by molar-refractivity contribution is 5.71. The van der Waals surface area contributed by atoms with Gasteiger partial charge < -0.3 is 18.9 Å². The van der Waals surface area contributed by atoms with E-state index >= 15 is 0 Å². The molecule has 1 heterocycles. The molecular weight excluding hydrogens is 316 g/mol. The zero-order valence-corrected chi connectivity index (χ0v) is 14.7. The molecule has 1 aliphatic heterocycles. The SMILES string of the molecule is CCCC(=O)OC1[C@@H](OC(=O)CCC)COC[C@@H]1OC(=O)CCC. The van der Waals surface area contributed by atoms with E-state index in [0.29, 0.717) is 19.3 Å². The van der Waals surface area contributed by atoms with Gasteiger partial charge >= 0.3 is 17.9 Å². The molecule has 0 aromatic carbocycles. The fraction of sp³-hybridized carbons (Fsp3) is 0.824. The maximum Gasteiger partial charge on any atom is 0.306 e. The Bertz CT molecular complexity index is 393. The molecule has 0 unspecified atom stereocenters. The van der Waals surface area contributed by atoms with Gasteiger partial charge in [0.05, 0.1) is 13.2 Å². The van der Waals surface area contributed by atoms with Gasteiger partial charge in [-0.15, -0.1) is 0 Å². The van der Waals surface area contributed by atoms with Crippen LogP contribution in [0, 0.1) is 0 Å². The minimum absolute atomic E-state index is 0.112.